The van der Waals surface area contributed by atoms with E-state index in [2.05, 4.69) is 14.8 Å². The van der Waals surface area contributed by atoms with Crippen LogP contribution in [0, 0.1) is 0 Å². The van der Waals surface area contributed by atoms with Crippen LogP contribution in [0.15, 0.2) is 48.8 Å². The molecule has 0 fully saturated rings. The molecule has 5 nitrogen and oxygen atoms in total. The Labute approximate surface area is 139 Å². The molecule has 0 unspecified atom stereocenters. The first-order valence-electron chi connectivity index (χ1n) is 6.65. The Bertz CT molecular complexity index is 862. The molecule has 0 aliphatic carbocycles. The van der Waals surface area contributed by atoms with Crippen LogP contribution in [-0.4, -0.2) is 21.1 Å². The quantitative estimate of drug-likeness (QED) is 0.720. The van der Waals surface area contributed by atoms with E-state index in [1.165, 1.54) is 35.3 Å². The molecule has 0 spiro atoms. The molecule has 0 saturated carbocycles. The number of hydrogen-bond donors (Lipinski definition) is 1. The number of alkyl halides is 3. The standard InChI is InChI=1S/C15H10ClF3N4O/c16-12-7-9(1-6-13(12)20)14-21-8-23(22-14)10-2-4-11(5-3-10)24-15(17,18)19/h1-8H,20H2. The van der Waals surface area contributed by atoms with Gasteiger partial charge in [0, 0.05) is 5.56 Å². The highest BCUT2D eigenvalue weighted by molar-refractivity contribution is 6.33. The van der Waals surface area contributed by atoms with Crippen molar-refractivity contribution in [2.75, 3.05) is 5.73 Å². The minimum Gasteiger partial charge on any atom is -0.406 e. The summed E-state index contributed by atoms with van der Waals surface area (Å²) < 4.78 is 41.7. The Balaban J connectivity index is 1.84. The van der Waals surface area contributed by atoms with Crippen molar-refractivity contribution in [1.82, 2.24) is 14.8 Å². The third-order valence-electron chi connectivity index (χ3n) is 3.09. The molecular weight excluding hydrogens is 345 g/mol. The minimum absolute atomic E-state index is 0.308. The summed E-state index contributed by atoms with van der Waals surface area (Å²) in [5.41, 5.74) is 7.30. The molecule has 9 heteroatoms. The van der Waals surface area contributed by atoms with Crippen molar-refractivity contribution in [1.29, 1.82) is 0 Å². The highest BCUT2D eigenvalue weighted by Gasteiger charge is 2.30. The molecule has 0 bridgehead atoms. The lowest BCUT2D eigenvalue weighted by molar-refractivity contribution is -0.274. The zero-order chi connectivity index (χ0) is 17.3. The van der Waals surface area contributed by atoms with E-state index in [-0.39, 0.29) is 5.75 Å². The molecule has 124 valence electrons. The van der Waals surface area contributed by atoms with Gasteiger partial charge in [0.15, 0.2) is 5.82 Å². The third kappa shape index (κ3) is 3.60. The Morgan fingerprint density at radius 2 is 1.79 bits per heavy atom. The molecular formula is C15H10ClF3N4O. The fraction of sp³-hybridized carbons (Fsp3) is 0.0667. The van der Waals surface area contributed by atoms with Crippen molar-refractivity contribution < 1.29 is 17.9 Å². The number of rotatable bonds is 3. The molecule has 0 amide bonds. The van der Waals surface area contributed by atoms with Crippen LogP contribution in [0.1, 0.15) is 0 Å². The SMILES string of the molecule is Nc1ccc(-c2ncn(-c3ccc(OC(F)(F)F)cc3)n2)cc1Cl. The molecule has 0 saturated heterocycles. The number of halogens is 4. The lowest BCUT2D eigenvalue weighted by Gasteiger charge is -2.09. The summed E-state index contributed by atoms with van der Waals surface area (Å²) in [6.07, 6.45) is -3.28. The molecule has 2 aromatic carbocycles. The van der Waals surface area contributed by atoms with Gasteiger partial charge in [-0.05, 0) is 42.5 Å². The first-order valence-corrected chi connectivity index (χ1v) is 7.03. The van der Waals surface area contributed by atoms with Crippen LogP contribution in [0.4, 0.5) is 18.9 Å². The van der Waals surface area contributed by atoms with Gasteiger partial charge in [-0.15, -0.1) is 18.3 Å². The fourth-order valence-corrected chi connectivity index (χ4v) is 2.17. The van der Waals surface area contributed by atoms with Gasteiger partial charge in [-0.1, -0.05) is 11.6 Å². The Hall–Kier alpha value is -2.74. The number of ether oxygens (including phenoxy) is 1. The first kappa shape index (κ1) is 16.1. The number of aromatic nitrogens is 3. The maximum absolute atomic E-state index is 12.1. The van der Waals surface area contributed by atoms with Gasteiger partial charge < -0.3 is 10.5 Å². The largest absolute Gasteiger partial charge is 0.573 e. The van der Waals surface area contributed by atoms with Crippen LogP contribution in [0.5, 0.6) is 5.75 Å². The zero-order valence-corrected chi connectivity index (χ0v) is 12.7. The minimum atomic E-state index is -4.73. The van der Waals surface area contributed by atoms with Crippen molar-refractivity contribution in [3.63, 3.8) is 0 Å². The maximum Gasteiger partial charge on any atom is 0.573 e. The summed E-state index contributed by atoms with van der Waals surface area (Å²) in [6, 6.07) is 10.3. The second-order valence-electron chi connectivity index (χ2n) is 4.79. The number of benzene rings is 2. The molecule has 1 heterocycles. The first-order chi connectivity index (χ1) is 11.3. The Morgan fingerprint density at radius 1 is 1.08 bits per heavy atom. The van der Waals surface area contributed by atoms with Gasteiger partial charge in [0.1, 0.15) is 12.1 Å². The lowest BCUT2D eigenvalue weighted by atomic mass is 10.2. The van der Waals surface area contributed by atoms with Gasteiger partial charge in [0.05, 0.1) is 16.4 Å². The van der Waals surface area contributed by atoms with E-state index in [9.17, 15) is 13.2 Å². The number of nitrogen functional groups attached to an aromatic ring is 1. The summed E-state index contributed by atoms with van der Waals surface area (Å²) in [4.78, 5) is 4.16. The van der Waals surface area contributed by atoms with Crippen molar-refractivity contribution in [2.24, 2.45) is 0 Å². The van der Waals surface area contributed by atoms with E-state index < -0.39 is 6.36 Å². The van der Waals surface area contributed by atoms with E-state index >= 15 is 0 Å². The summed E-state index contributed by atoms with van der Waals surface area (Å²) in [5, 5.41) is 4.66. The zero-order valence-electron chi connectivity index (χ0n) is 12.0. The number of nitrogens with two attached hydrogens (primary N) is 1. The molecule has 1 aromatic heterocycles. The normalized spacial score (nSPS) is 11.5. The second-order valence-corrected chi connectivity index (χ2v) is 5.20. The smallest absolute Gasteiger partial charge is 0.406 e. The Kier molecular flexibility index (Phi) is 4.06. The van der Waals surface area contributed by atoms with E-state index in [0.29, 0.717) is 27.8 Å². The molecule has 0 atom stereocenters. The van der Waals surface area contributed by atoms with Crippen molar-refractivity contribution in [3.05, 3.63) is 53.8 Å². The summed E-state index contributed by atoms with van der Waals surface area (Å²) in [6.45, 7) is 0. The van der Waals surface area contributed by atoms with Gasteiger partial charge in [0.25, 0.3) is 0 Å². The summed E-state index contributed by atoms with van der Waals surface area (Å²) in [7, 11) is 0. The Morgan fingerprint density at radius 3 is 2.42 bits per heavy atom. The van der Waals surface area contributed by atoms with Crippen LogP contribution in [-0.2, 0) is 0 Å². The molecule has 24 heavy (non-hydrogen) atoms. The fourth-order valence-electron chi connectivity index (χ4n) is 1.99. The van der Waals surface area contributed by atoms with E-state index in [1.54, 1.807) is 18.2 Å². The van der Waals surface area contributed by atoms with E-state index in [0.717, 1.165) is 0 Å². The number of nitrogens with zero attached hydrogens (tertiary/aromatic N) is 3. The summed E-state index contributed by atoms with van der Waals surface area (Å²) >= 11 is 5.96. The predicted molar refractivity (Wildman–Crippen MR) is 82.9 cm³/mol. The van der Waals surface area contributed by atoms with Crippen molar-refractivity contribution in [2.45, 2.75) is 6.36 Å². The molecule has 3 rings (SSSR count). The molecule has 0 aliphatic heterocycles. The van der Waals surface area contributed by atoms with Gasteiger partial charge >= 0.3 is 6.36 Å². The average molecular weight is 355 g/mol. The van der Waals surface area contributed by atoms with Crippen LogP contribution in [0.25, 0.3) is 17.1 Å². The number of anilines is 1. The van der Waals surface area contributed by atoms with Crippen molar-refractivity contribution >= 4 is 17.3 Å². The van der Waals surface area contributed by atoms with Crippen molar-refractivity contribution in [3.8, 4) is 22.8 Å². The van der Waals surface area contributed by atoms with Gasteiger partial charge in [-0.2, -0.15) is 0 Å². The van der Waals surface area contributed by atoms with E-state index in [1.807, 2.05) is 0 Å². The topological polar surface area (TPSA) is 66.0 Å². The van der Waals surface area contributed by atoms with E-state index in [4.69, 9.17) is 17.3 Å². The third-order valence-corrected chi connectivity index (χ3v) is 3.41. The average Bonchev–Trinajstić information content (AvgIpc) is 2.99. The molecule has 0 radical (unpaired) electrons. The van der Waals surface area contributed by atoms with Crippen LogP contribution < -0.4 is 10.5 Å². The predicted octanol–water partition coefficient (Wildman–Crippen LogP) is 4.07. The molecule has 2 N–H and O–H groups in total. The monoisotopic (exact) mass is 354 g/mol. The maximum atomic E-state index is 12.1. The molecule has 3 aromatic rings. The second kappa shape index (κ2) is 6.04. The number of hydrogen-bond acceptors (Lipinski definition) is 4. The van der Waals surface area contributed by atoms with Gasteiger partial charge in [-0.25, -0.2) is 9.67 Å². The highest BCUT2D eigenvalue weighted by atomic mass is 35.5. The van der Waals surface area contributed by atoms with Crippen LogP contribution >= 0.6 is 11.6 Å². The lowest BCUT2D eigenvalue weighted by Crippen LogP contribution is -2.17. The highest BCUT2D eigenvalue weighted by Crippen LogP contribution is 2.26. The van der Waals surface area contributed by atoms with Gasteiger partial charge in [0.2, 0.25) is 0 Å². The van der Waals surface area contributed by atoms with Crippen LogP contribution in [0.3, 0.4) is 0 Å². The van der Waals surface area contributed by atoms with Crippen LogP contribution in [0.2, 0.25) is 5.02 Å². The summed E-state index contributed by atoms with van der Waals surface area (Å²) in [5.74, 6) is 0.101. The van der Waals surface area contributed by atoms with Gasteiger partial charge in [-0.3, -0.25) is 0 Å². The molecule has 0 aliphatic rings.